The number of nitrogens with one attached hydrogen (secondary N) is 1. The second-order valence-corrected chi connectivity index (χ2v) is 7.28. The van der Waals surface area contributed by atoms with E-state index >= 15 is 0 Å². The summed E-state index contributed by atoms with van der Waals surface area (Å²) in [7, 11) is 2.03. The van der Waals surface area contributed by atoms with Crippen LogP contribution < -0.4 is 5.32 Å². The molecule has 1 atom stereocenters. The molecule has 2 saturated heterocycles. The Morgan fingerprint density at radius 2 is 1.73 bits per heavy atom. The van der Waals surface area contributed by atoms with E-state index in [0.29, 0.717) is 17.7 Å². The van der Waals surface area contributed by atoms with Gasteiger partial charge in [-0.2, -0.15) is 0 Å². The summed E-state index contributed by atoms with van der Waals surface area (Å²) in [5.41, 5.74) is 0. The van der Waals surface area contributed by atoms with Crippen LogP contribution in [0.25, 0.3) is 0 Å². The molecule has 0 aromatic heterocycles. The average Bonchev–Trinajstić information content (AvgIpc) is 2.89. The van der Waals surface area contributed by atoms with Crippen LogP contribution in [-0.4, -0.2) is 60.9 Å². The van der Waals surface area contributed by atoms with Gasteiger partial charge in [0.1, 0.15) is 0 Å². The Morgan fingerprint density at radius 1 is 1.00 bits per heavy atom. The Morgan fingerprint density at radius 3 is 2.27 bits per heavy atom. The van der Waals surface area contributed by atoms with Crippen molar-refractivity contribution in [3.8, 4) is 0 Å². The van der Waals surface area contributed by atoms with E-state index in [-0.39, 0.29) is 11.9 Å². The van der Waals surface area contributed by atoms with Gasteiger partial charge in [-0.25, -0.2) is 0 Å². The van der Waals surface area contributed by atoms with Crippen molar-refractivity contribution in [1.82, 2.24) is 15.1 Å². The number of nitrogens with zero attached hydrogens (tertiary/aromatic N) is 2. The molecule has 3 rings (SSSR count). The molecular weight excluding hydrogens is 278 g/mol. The van der Waals surface area contributed by atoms with E-state index in [1.54, 1.807) is 0 Å². The second-order valence-electron chi connectivity index (χ2n) is 7.28. The minimum atomic E-state index is 0.0697. The molecule has 0 aromatic rings. The van der Waals surface area contributed by atoms with Gasteiger partial charge in [-0.1, -0.05) is 6.42 Å². The molecule has 3 aliphatic rings. The Hall–Kier alpha value is -1.10. The topological polar surface area (TPSA) is 52.7 Å². The molecule has 2 aliphatic heterocycles. The molecule has 1 N–H and O–H groups in total. The van der Waals surface area contributed by atoms with Gasteiger partial charge >= 0.3 is 0 Å². The highest BCUT2D eigenvalue weighted by atomic mass is 16.2. The monoisotopic (exact) mass is 307 g/mol. The minimum absolute atomic E-state index is 0.0697. The molecule has 1 aliphatic carbocycles. The Bertz CT molecular complexity index is 414. The van der Waals surface area contributed by atoms with Crippen molar-refractivity contribution in [2.45, 2.75) is 51.0 Å². The predicted octanol–water partition coefficient (Wildman–Crippen LogP) is 1.24. The summed E-state index contributed by atoms with van der Waals surface area (Å²) in [5, 5.41) is 3.13. The number of hydrogen-bond donors (Lipinski definition) is 1. The molecule has 22 heavy (non-hydrogen) atoms. The van der Waals surface area contributed by atoms with Gasteiger partial charge in [0.25, 0.3) is 0 Å². The van der Waals surface area contributed by atoms with E-state index in [0.717, 1.165) is 64.7 Å². The molecule has 5 nitrogen and oxygen atoms in total. The first-order valence-electron chi connectivity index (χ1n) is 8.92. The van der Waals surface area contributed by atoms with E-state index in [4.69, 9.17) is 0 Å². The number of likely N-dealkylation sites (tertiary alicyclic amines) is 2. The lowest BCUT2D eigenvalue weighted by Gasteiger charge is -2.36. The van der Waals surface area contributed by atoms with E-state index in [9.17, 15) is 9.59 Å². The summed E-state index contributed by atoms with van der Waals surface area (Å²) >= 11 is 0. The lowest BCUT2D eigenvalue weighted by atomic mass is 9.83. The molecule has 0 unspecified atom stereocenters. The van der Waals surface area contributed by atoms with Crippen LogP contribution in [0.3, 0.4) is 0 Å². The lowest BCUT2D eigenvalue weighted by molar-refractivity contribution is -0.139. The maximum absolute atomic E-state index is 12.2. The molecule has 1 saturated carbocycles. The number of piperidine rings is 1. The lowest BCUT2D eigenvalue weighted by Crippen LogP contribution is -2.47. The molecule has 2 amide bonds. The summed E-state index contributed by atoms with van der Waals surface area (Å²) in [6, 6.07) is 0.0697. The first-order valence-corrected chi connectivity index (χ1v) is 8.92. The van der Waals surface area contributed by atoms with Crippen molar-refractivity contribution in [3.05, 3.63) is 0 Å². The SMILES string of the molecule is CN1CCC[C@@H]1C(=O)NCC1CCN(C(=O)C2CCC2)CC1. The van der Waals surface area contributed by atoms with Crippen molar-refractivity contribution in [2.75, 3.05) is 33.2 Å². The van der Waals surface area contributed by atoms with Crippen LogP contribution in [-0.2, 0) is 9.59 Å². The largest absolute Gasteiger partial charge is 0.354 e. The van der Waals surface area contributed by atoms with Crippen LogP contribution in [0.2, 0.25) is 0 Å². The van der Waals surface area contributed by atoms with E-state index < -0.39 is 0 Å². The van der Waals surface area contributed by atoms with Gasteiger partial charge in [0.2, 0.25) is 11.8 Å². The minimum Gasteiger partial charge on any atom is -0.354 e. The number of rotatable bonds is 4. The van der Waals surface area contributed by atoms with Crippen LogP contribution in [0.15, 0.2) is 0 Å². The zero-order valence-electron chi connectivity index (χ0n) is 13.7. The van der Waals surface area contributed by atoms with Gasteiger partial charge in [0.15, 0.2) is 0 Å². The highest BCUT2D eigenvalue weighted by Crippen LogP contribution is 2.29. The standard InChI is InChI=1S/C17H29N3O2/c1-19-9-3-6-15(19)16(21)18-12-13-7-10-20(11-8-13)17(22)14-4-2-5-14/h13-15H,2-12H2,1H3,(H,18,21)/t15-/m1/s1. The maximum atomic E-state index is 12.2. The fraction of sp³-hybridized carbons (Fsp3) is 0.882. The van der Waals surface area contributed by atoms with Crippen LogP contribution in [0, 0.1) is 11.8 Å². The third-order valence-corrected chi connectivity index (χ3v) is 5.77. The fourth-order valence-corrected chi connectivity index (χ4v) is 3.88. The van der Waals surface area contributed by atoms with E-state index in [2.05, 4.69) is 10.2 Å². The summed E-state index contributed by atoms with van der Waals surface area (Å²) in [5.74, 6) is 1.41. The molecule has 2 heterocycles. The summed E-state index contributed by atoms with van der Waals surface area (Å²) in [6.07, 6.45) is 7.55. The van der Waals surface area contributed by atoms with Gasteiger partial charge in [-0.3, -0.25) is 14.5 Å². The quantitative estimate of drug-likeness (QED) is 0.850. The molecule has 124 valence electrons. The zero-order chi connectivity index (χ0) is 15.5. The highest BCUT2D eigenvalue weighted by molar-refractivity contribution is 5.82. The molecule has 0 radical (unpaired) electrons. The average molecular weight is 307 g/mol. The van der Waals surface area contributed by atoms with Crippen LogP contribution in [0.5, 0.6) is 0 Å². The highest BCUT2D eigenvalue weighted by Gasteiger charge is 2.32. The second kappa shape index (κ2) is 6.99. The molecule has 0 spiro atoms. The van der Waals surface area contributed by atoms with Crippen LogP contribution >= 0.6 is 0 Å². The van der Waals surface area contributed by atoms with Crippen molar-refractivity contribution in [1.29, 1.82) is 0 Å². The third-order valence-electron chi connectivity index (χ3n) is 5.77. The van der Waals surface area contributed by atoms with E-state index in [1.165, 1.54) is 6.42 Å². The Labute approximate surface area is 133 Å². The molecule has 0 bridgehead atoms. The third kappa shape index (κ3) is 3.45. The van der Waals surface area contributed by atoms with Crippen LogP contribution in [0.4, 0.5) is 0 Å². The summed E-state index contributed by atoms with van der Waals surface area (Å²) < 4.78 is 0. The molecule has 0 aromatic carbocycles. The number of hydrogen-bond acceptors (Lipinski definition) is 3. The van der Waals surface area contributed by atoms with Crippen molar-refractivity contribution < 1.29 is 9.59 Å². The first kappa shape index (κ1) is 15.8. The molecular formula is C17H29N3O2. The van der Waals surface area contributed by atoms with Gasteiger partial charge in [0, 0.05) is 25.6 Å². The number of carbonyl (C=O) groups excluding carboxylic acids is 2. The van der Waals surface area contributed by atoms with Gasteiger partial charge < -0.3 is 10.2 Å². The smallest absolute Gasteiger partial charge is 0.237 e. The van der Waals surface area contributed by atoms with Crippen molar-refractivity contribution in [2.24, 2.45) is 11.8 Å². The Balaban J connectivity index is 1.37. The normalized spacial score (nSPS) is 27.7. The number of carbonyl (C=O) groups is 2. The zero-order valence-corrected chi connectivity index (χ0v) is 13.7. The number of amides is 2. The fourth-order valence-electron chi connectivity index (χ4n) is 3.88. The summed E-state index contributed by atoms with van der Waals surface area (Å²) in [4.78, 5) is 28.6. The summed E-state index contributed by atoms with van der Waals surface area (Å²) in [6.45, 7) is 3.55. The van der Waals surface area contributed by atoms with Crippen molar-refractivity contribution in [3.63, 3.8) is 0 Å². The van der Waals surface area contributed by atoms with Crippen LogP contribution in [0.1, 0.15) is 44.9 Å². The molecule has 5 heteroatoms. The maximum Gasteiger partial charge on any atom is 0.237 e. The predicted molar refractivity (Wildman–Crippen MR) is 85.3 cm³/mol. The van der Waals surface area contributed by atoms with Gasteiger partial charge in [-0.15, -0.1) is 0 Å². The van der Waals surface area contributed by atoms with Crippen molar-refractivity contribution >= 4 is 11.8 Å². The van der Waals surface area contributed by atoms with Gasteiger partial charge in [0.05, 0.1) is 6.04 Å². The first-order chi connectivity index (χ1) is 10.6. The number of likely N-dealkylation sites (N-methyl/N-ethyl adjacent to an activating group) is 1. The Kier molecular flexibility index (Phi) is 5.01. The molecule has 3 fully saturated rings. The van der Waals surface area contributed by atoms with Gasteiger partial charge in [-0.05, 0) is 58.0 Å². The van der Waals surface area contributed by atoms with E-state index in [1.807, 2.05) is 11.9 Å².